The Morgan fingerprint density at radius 3 is 2.56 bits per heavy atom. The molecule has 16 heavy (non-hydrogen) atoms. The van der Waals surface area contributed by atoms with Crippen molar-refractivity contribution in [3.63, 3.8) is 0 Å². The molecule has 5 nitrogen and oxygen atoms in total. The van der Waals surface area contributed by atoms with Crippen LogP contribution in [0, 0.1) is 0 Å². The third-order valence-electron chi connectivity index (χ3n) is 2.03. The lowest BCUT2D eigenvalue weighted by molar-refractivity contribution is -0.145. The number of alkyl halides is 3. The van der Waals surface area contributed by atoms with E-state index >= 15 is 0 Å². The Kier molecular flexibility index (Phi) is 3.87. The highest BCUT2D eigenvalue weighted by molar-refractivity contribution is 5.13. The van der Waals surface area contributed by atoms with Crippen molar-refractivity contribution in [2.24, 2.45) is 5.73 Å². The van der Waals surface area contributed by atoms with Crippen molar-refractivity contribution in [2.75, 3.05) is 0 Å². The summed E-state index contributed by atoms with van der Waals surface area (Å²) in [4.78, 5) is 0. The summed E-state index contributed by atoms with van der Waals surface area (Å²) >= 11 is 0. The van der Waals surface area contributed by atoms with E-state index in [0.29, 0.717) is 0 Å². The molecule has 0 aliphatic rings. The van der Waals surface area contributed by atoms with Crippen molar-refractivity contribution in [1.82, 2.24) is 15.0 Å². The van der Waals surface area contributed by atoms with E-state index in [9.17, 15) is 13.2 Å². The first kappa shape index (κ1) is 12.9. The molecule has 0 spiro atoms. The molecule has 1 rings (SSSR count). The Balaban J connectivity index is 2.96. The lowest BCUT2D eigenvalue weighted by Crippen LogP contribution is -2.19. The van der Waals surface area contributed by atoms with Crippen LogP contribution in [0.4, 0.5) is 13.2 Å². The van der Waals surface area contributed by atoms with Crippen LogP contribution in [0.2, 0.25) is 0 Å². The van der Waals surface area contributed by atoms with Crippen LogP contribution in [-0.4, -0.2) is 26.2 Å². The van der Waals surface area contributed by atoms with E-state index in [1.807, 2.05) is 0 Å². The number of aliphatic hydroxyl groups is 1. The first-order chi connectivity index (χ1) is 7.36. The van der Waals surface area contributed by atoms with Gasteiger partial charge in [-0.1, -0.05) is 5.21 Å². The molecule has 0 amide bonds. The second kappa shape index (κ2) is 4.79. The molecule has 0 aliphatic carbocycles. The van der Waals surface area contributed by atoms with Crippen molar-refractivity contribution in [3.8, 4) is 0 Å². The minimum absolute atomic E-state index is 0.0422. The minimum Gasteiger partial charge on any atom is -0.393 e. The van der Waals surface area contributed by atoms with Crippen molar-refractivity contribution in [1.29, 1.82) is 0 Å². The number of aryl methyl sites for hydroxylation is 1. The van der Waals surface area contributed by atoms with Gasteiger partial charge in [-0.3, -0.25) is 0 Å². The van der Waals surface area contributed by atoms with Gasteiger partial charge in [0.2, 0.25) is 0 Å². The smallest absolute Gasteiger partial charge is 0.393 e. The molecular weight excluding hydrogens is 225 g/mol. The Hall–Kier alpha value is -1.15. The number of nitrogens with two attached hydrogens (primary N) is 1. The highest BCUT2D eigenvalue weighted by Crippen LogP contribution is 2.31. The molecule has 1 heterocycles. The summed E-state index contributed by atoms with van der Waals surface area (Å²) in [6, 6.07) is 0. The number of halogens is 3. The zero-order valence-corrected chi connectivity index (χ0v) is 8.70. The zero-order valence-electron chi connectivity index (χ0n) is 8.70. The number of nitrogens with zero attached hydrogens (tertiary/aromatic N) is 3. The van der Waals surface area contributed by atoms with Crippen LogP contribution in [0.5, 0.6) is 0 Å². The summed E-state index contributed by atoms with van der Waals surface area (Å²) in [6.45, 7) is 1.14. The Labute approximate surface area is 90.0 Å². The Morgan fingerprint density at radius 1 is 1.50 bits per heavy atom. The molecule has 0 fully saturated rings. The van der Waals surface area contributed by atoms with Crippen molar-refractivity contribution >= 4 is 0 Å². The third kappa shape index (κ3) is 2.92. The summed E-state index contributed by atoms with van der Waals surface area (Å²) in [5.74, 6) is 0. The second-order valence-corrected chi connectivity index (χ2v) is 3.45. The van der Waals surface area contributed by atoms with E-state index < -0.39 is 18.0 Å². The molecule has 8 heteroatoms. The predicted molar refractivity (Wildman–Crippen MR) is 49.2 cm³/mol. The topological polar surface area (TPSA) is 77.0 Å². The summed E-state index contributed by atoms with van der Waals surface area (Å²) in [5, 5.41) is 15.8. The van der Waals surface area contributed by atoms with Gasteiger partial charge in [0.25, 0.3) is 0 Å². The average Bonchev–Trinajstić information content (AvgIpc) is 2.56. The van der Waals surface area contributed by atoms with Crippen LogP contribution < -0.4 is 5.73 Å². The highest BCUT2D eigenvalue weighted by Gasteiger charge is 2.38. The number of aromatic nitrogens is 3. The van der Waals surface area contributed by atoms with E-state index in [0.717, 1.165) is 4.68 Å². The molecule has 0 saturated carbocycles. The standard InChI is InChI=1S/C8H13F3N4O/c1-5(16)2-3-15-7(8(9,10)11)6(4-12)13-14-15/h5,16H,2-4,12H2,1H3. The van der Waals surface area contributed by atoms with Crippen LogP contribution in [0.15, 0.2) is 0 Å². The largest absolute Gasteiger partial charge is 0.434 e. The number of rotatable bonds is 4. The fourth-order valence-corrected chi connectivity index (χ4v) is 1.26. The normalized spacial score (nSPS) is 14.1. The molecule has 1 aromatic heterocycles. The summed E-state index contributed by atoms with van der Waals surface area (Å²) in [7, 11) is 0. The SMILES string of the molecule is CC(O)CCn1nnc(CN)c1C(F)(F)F. The third-order valence-corrected chi connectivity index (χ3v) is 2.03. The van der Waals surface area contributed by atoms with E-state index in [4.69, 9.17) is 10.8 Å². The first-order valence-corrected chi connectivity index (χ1v) is 4.74. The fourth-order valence-electron chi connectivity index (χ4n) is 1.26. The van der Waals surface area contributed by atoms with Gasteiger partial charge in [0.1, 0.15) is 5.69 Å². The maximum Gasteiger partial charge on any atom is 0.434 e. The molecule has 1 aromatic rings. The molecule has 0 saturated heterocycles. The van der Waals surface area contributed by atoms with Gasteiger partial charge >= 0.3 is 6.18 Å². The van der Waals surface area contributed by atoms with Crippen LogP contribution in [0.3, 0.4) is 0 Å². The minimum atomic E-state index is -4.53. The van der Waals surface area contributed by atoms with Crippen molar-refractivity contribution < 1.29 is 18.3 Å². The Bertz CT molecular complexity index is 348. The van der Waals surface area contributed by atoms with Gasteiger partial charge in [0.05, 0.1) is 6.10 Å². The quantitative estimate of drug-likeness (QED) is 0.802. The van der Waals surface area contributed by atoms with Gasteiger partial charge in [-0.15, -0.1) is 5.10 Å². The molecule has 0 radical (unpaired) electrons. The lowest BCUT2D eigenvalue weighted by atomic mass is 10.2. The average molecular weight is 238 g/mol. The zero-order chi connectivity index (χ0) is 12.3. The van der Waals surface area contributed by atoms with Gasteiger partial charge in [0, 0.05) is 13.1 Å². The van der Waals surface area contributed by atoms with E-state index in [-0.39, 0.29) is 25.2 Å². The number of hydrogen-bond donors (Lipinski definition) is 2. The van der Waals surface area contributed by atoms with Gasteiger partial charge < -0.3 is 10.8 Å². The van der Waals surface area contributed by atoms with Crippen LogP contribution in [0.25, 0.3) is 0 Å². The van der Waals surface area contributed by atoms with E-state index in [1.54, 1.807) is 0 Å². The summed E-state index contributed by atoms with van der Waals surface area (Å²) in [6.07, 6.45) is -5.04. The number of aliphatic hydroxyl groups excluding tert-OH is 1. The predicted octanol–water partition coefficient (Wildman–Crippen LogP) is 0.526. The van der Waals surface area contributed by atoms with Crippen molar-refractivity contribution in [3.05, 3.63) is 11.4 Å². The molecule has 92 valence electrons. The monoisotopic (exact) mass is 238 g/mol. The number of hydrogen-bond acceptors (Lipinski definition) is 4. The molecule has 1 unspecified atom stereocenters. The van der Waals surface area contributed by atoms with Gasteiger partial charge in [0.15, 0.2) is 5.69 Å². The second-order valence-electron chi connectivity index (χ2n) is 3.45. The highest BCUT2D eigenvalue weighted by atomic mass is 19.4. The van der Waals surface area contributed by atoms with Gasteiger partial charge in [-0.05, 0) is 13.3 Å². The summed E-state index contributed by atoms with van der Waals surface area (Å²) < 4.78 is 38.6. The van der Waals surface area contributed by atoms with Crippen LogP contribution in [-0.2, 0) is 19.3 Å². The Morgan fingerprint density at radius 2 is 2.12 bits per heavy atom. The van der Waals surface area contributed by atoms with E-state index in [1.165, 1.54) is 6.92 Å². The lowest BCUT2D eigenvalue weighted by Gasteiger charge is -2.11. The molecule has 3 N–H and O–H groups in total. The van der Waals surface area contributed by atoms with Gasteiger partial charge in [-0.2, -0.15) is 13.2 Å². The van der Waals surface area contributed by atoms with Crippen LogP contribution >= 0.6 is 0 Å². The maximum atomic E-state index is 12.6. The first-order valence-electron chi connectivity index (χ1n) is 4.74. The van der Waals surface area contributed by atoms with Crippen molar-refractivity contribution in [2.45, 2.75) is 38.7 Å². The molecule has 0 aromatic carbocycles. The van der Waals surface area contributed by atoms with E-state index in [2.05, 4.69) is 10.3 Å². The van der Waals surface area contributed by atoms with Gasteiger partial charge in [-0.25, -0.2) is 4.68 Å². The molecule has 0 aliphatic heterocycles. The molecule has 0 bridgehead atoms. The maximum absolute atomic E-state index is 12.6. The molecule has 1 atom stereocenters. The molecular formula is C8H13F3N4O. The fraction of sp³-hybridized carbons (Fsp3) is 0.750. The van der Waals surface area contributed by atoms with Crippen LogP contribution in [0.1, 0.15) is 24.7 Å². The summed E-state index contributed by atoms with van der Waals surface area (Å²) in [5.41, 5.74) is 3.94.